The van der Waals surface area contributed by atoms with Crippen molar-refractivity contribution in [1.29, 1.82) is 0 Å². The van der Waals surface area contributed by atoms with Gasteiger partial charge in [-0.2, -0.15) is 9.90 Å². The standard InChI is InChI=1S/C26H18N4O5/c1-15-23(29-30(28-15)17-7-3-2-4-8-17)26(34)35-14-22(31)27-16-11-12-20-21(13-16)25(33)19-10-6-5-9-18(19)24(20)32/h2-13H,14H2,1H3,(H,27,31). The van der Waals surface area contributed by atoms with Gasteiger partial charge in [-0.05, 0) is 37.3 Å². The fraction of sp³-hybridized carbons (Fsp3) is 0.0769. The zero-order valence-electron chi connectivity index (χ0n) is 18.5. The Bertz CT molecular complexity index is 1510. The number of nitrogens with zero attached hydrogens (tertiary/aromatic N) is 3. The molecule has 1 aromatic heterocycles. The third-order valence-corrected chi connectivity index (χ3v) is 5.51. The van der Waals surface area contributed by atoms with Crippen LogP contribution in [0.4, 0.5) is 5.69 Å². The first-order valence-corrected chi connectivity index (χ1v) is 10.7. The smallest absolute Gasteiger partial charge is 0.361 e. The first kappa shape index (κ1) is 21.9. The molecular weight excluding hydrogens is 448 g/mol. The topological polar surface area (TPSA) is 120 Å². The molecular formula is C26H18N4O5. The number of amides is 1. The second-order valence-corrected chi connectivity index (χ2v) is 7.85. The number of fused-ring (bicyclic) bond motifs is 2. The molecule has 0 atom stereocenters. The van der Waals surface area contributed by atoms with E-state index in [0.717, 1.165) is 0 Å². The van der Waals surface area contributed by atoms with E-state index in [-0.39, 0.29) is 28.4 Å². The summed E-state index contributed by atoms with van der Waals surface area (Å²) >= 11 is 0. The van der Waals surface area contributed by atoms with Gasteiger partial charge in [-0.3, -0.25) is 14.4 Å². The first-order chi connectivity index (χ1) is 16.9. The molecule has 0 bridgehead atoms. The summed E-state index contributed by atoms with van der Waals surface area (Å²) in [7, 11) is 0. The molecule has 172 valence electrons. The number of ether oxygens (including phenoxy) is 1. The van der Waals surface area contributed by atoms with Crippen LogP contribution in [0.1, 0.15) is 48.0 Å². The molecule has 0 spiro atoms. The fourth-order valence-electron chi connectivity index (χ4n) is 3.82. The van der Waals surface area contributed by atoms with Gasteiger partial charge in [0, 0.05) is 27.9 Å². The first-order valence-electron chi connectivity index (χ1n) is 10.7. The van der Waals surface area contributed by atoms with Gasteiger partial charge in [0.15, 0.2) is 23.9 Å². The molecule has 0 fully saturated rings. The van der Waals surface area contributed by atoms with Crippen LogP contribution in [0.25, 0.3) is 5.69 Å². The Morgan fingerprint density at radius 1 is 0.829 bits per heavy atom. The lowest BCUT2D eigenvalue weighted by Crippen LogP contribution is -2.23. The molecule has 0 saturated carbocycles. The molecule has 1 aliphatic carbocycles. The van der Waals surface area contributed by atoms with E-state index in [0.29, 0.717) is 28.2 Å². The Morgan fingerprint density at radius 3 is 2.17 bits per heavy atom. The maximum Gasteiger partial charge on any atom is 0.361 e. The minimum Gasteiger partial charge on any atom is -0.451 e. The molecule has 0 radical (unpaired) electrons. The highest BCUT2D eigenvalue weighted by Gasteiger charge is 2.29. The van der Waals surface area contributed by atoms with Crippen LogP contribution < -0.4 is 5.32 Å². The van der Waals surface area contributed by atoms with Crippen LogP contribution in [0.3, 0.4) is 0 Å². The Kier molecular flexibility index (Phi) is 5.50. The molecule has 0 unspecified atom stereocenters. The van der Waals surface area contributed by atoms with Gasteiger partial charge in [0.2, 0.25) is 0 Å². The number of anilines is 1. The van der Waals surface area contributed by atoms with Crippen LogP contribution in [0.2, 0.25) is 0 Å². The highest BCUT2D eigenvalue weighted by atomic mass is 16.5. The van der Waals surface area contributed by atoms with Crippen LogP contribution in [0, 0.1) is 6.92 Å². The molecule has 35 heavy (non-hydrogen) atoms. The van der Waals surface area contributed by atoms with Gasteiger partial charge in [0.05, 0.1) is 11.4 Å². The van der Waals surface area contributed by atoms with Crippen molar-refractivity contribution in [3.05, 3.63) is 106 Å². The minimum absolute atomic E-state index is 0.00166. The molecule has 1 heterocycles. The lowest BCUT2D eigenvalue weighted by atomic mass is 9.84. The number of benzene rings is 3. The number of carbonyl (C=O) groups is 4. The van der Waals surface area contributed by atoms with Gasteiger partial charge in [0.25, 0.3) is 5.91 Å². The summed E-state index contributed by atoms with van der Waals surface area (Å²) < 4.78 is 5.10. The number of aromatic nitrogens is 3. The number of hydrogen-bond donors (Lipinski definition) is 1. The zero-order chi connectivity index (χ0) is 24.5. The lowest BCUT2D eigenvalue weighted by molar-refractivity contribution is -0.119. The van der Waals surface area contributed by atoms with Gasteiger partial charge < -0.3 is 10.1 Å². The number of ketones is 2. The normalized spacial score (nSPS) is 12.0. The number of hydrogen-bond acceptors (Lipinski definition) is 7. The number of carbonyl (C=O) groups excluding carboxylic acids is 4. The third kappa shape index (κ3) is 4.10. The van der Waals surface area contributed by atoms with Gasteiger partial charge in [-0.1, -0.05) is 42.5 Å². The number of aryl methyl sites for hydroxylation is 1. The summed E-state index contributed by atoms with van der Waals surface area (Å²) in [5, 5.41) is 10.9. The Labute approximate surface area is 199 Å². The third-order valence-electron chi connectivity index (χ3n) is 5.51. The predicted molar refractivity (Wildman–Crippen MR) is 125 cm³/mol. The van der Waals surface area contributed by atoms with E-state index in [1.54, 1.807) is 43.3 Å². The van der Waals surface area contributed by atoms with Gasteiger partial charge >= 0.3 is 5.97 Å². The monoisotopic (exact) mass is 466 g/mol. The summed E-state index contributed by atoms with van der Waals surface area (Å²) in [6.45, 7) is 1.05. The highest BCUT2D eigenvalue weighted by molar-refractivity contribution is 6.28. The van der Waals surface area contributed by atoms with Crippen molar-refractivity contribution in [2.45, 2.75) is 6.92 Å². The van der Waals surface area contributed by atoms with Crippen LogP contribution in [0.15, 0.2) is 72.8 Å². The van der Waals surface area contributed by atoms with E-state index < -0.39 is 18.5 Å². The lowest BCUT2D eigenvalue weighted by Gasteiger charge is -2.18. The molecule has 1 aliphatic rings. The summed E-state index contributed by atoms with van der Waals surface area (Å²) in [5.74, 6) is -1.94. The molecule has 1 amide bonds. The number of rotatable bonds is 5. The van der Waals surface area contributed by atoms with Crippen molar-refractivity contribution in [2.75, 3.05) is 11.9 Å². The zero-order valence-corrected chi connectivity index (χ0v) is 18.5. The summed E-state index contributed by atoms with van der Waals surface area (Å²) in [5.41, 5.74) is 2.49. The van der Waals surface area contributed by atoms with Gasteiger partial charge in [0.1, 0.15) is 0 Å². The second kappa shape index (κ2) is 8.79. The Morgan fingerprint density at radius 2 is 1.46 bits per heavy atom. The quantitative estimate of drug-likeness (QED) is 0.395. The van der Waals surface area contributed by atoms with E-state index >= 15 is 0 Å². The number of nitrogens with one attached hydrogen (secondary N) is 1. The predicted octanol–water partition coefficient (Wildman–Crippen LogP) is 3.15. The molecule has 1 N–H and O–H groups in total. The van der Waals surface area contributed by atoms with Crippen molar-refractivity contribution in [1.82, 2.24) is 15.0 Å². The molecule has 9 nitrogen and oxygen atoms in total. The average molecular weight is 466 g/mol. The van der Waals surface area contributed by atoms with E-state index in [9.17, 15) is 19.2 Å². The van der Waals surface area contributed by atoms with Gasteiger partial charge in [-0.15, -0.1) is 5.10 Å². The van der Waals surface area contributed by atoms with E-state index in [1.807, 2.05) is 18.2 Å². The van der Waals surface area contributed by atoms with Crippen molar-refractivity contribution in [3.8, 4) is 5.69 Å². The largest absolute Gasteiger partial charge is 0.451 e. The Hall–Kier alpha value is -4.92. The van der Waals surface area contributed by atoms with Crippen LogP contribution in [-0.4, -0.2) is 45.0 Å². The molecule has 3 aromatic carbocycles. The van der Waals surface area contributed by atoms with E-state index in [4.69, 9.17) is 4.74 Å². The van der Waals surface area contributed by atoms with E-state index in [2.05, 4.69) is 15.5 Å². The van der Waals surface area contributed by atoms with Crippen LogP contribution in [-0.2, 0) is 9.53 Å². The molecule has 4 aromatic rings. The fourth-order valence-corrected chi connectivity index (χ4v) is 3.82. The van der Waals surface area contributed by atoms with Crippen molar-refractivity contribution >= 4 is 29.1 Å². The highest BCUT2D eigenvalue weighted by Crippen LogP contribution is 2.29. The summed E-state index contributed by atoms with van der Waals surface area (Å²) in [4.78, 5) is 51.7. The van der Waals surface area contributed by atoms with Gasteiger partial charge in [-0.25, -0.2) is 4.79 Å². The summed E-state index contributed by atoms with van der Waals surface area (Å²) in [6.07, 6.45) is 0. The molecule has 5 rings (SSSR count). The molecule has 0 aliphatic heterocycles. The SMILES string of the molecule is Cc1nn(-c2ccccc2)nc1C(=O)OCC(=O)Nc1ccc2c(c1)C(=O)c1ccccc1C2=O. The van der Waals surface area contributed by atoms with Crippen molar-refractivity contribution < 1.29 is 23.9 Å². The van der Waals surface area contributed by atoms with Crippen molar-refractivity contribution in [2.24, 2.45) is 0 Å². The number of esters is 1. The minimum atomic E-state index is -0.789. The van der Waals surface area contributed by atoms with Crippen molar-refractivity contribution in [3.63, 3.8) is 0 Å². The van der Waals surface area contributed by atoms with E-state index in [1.165, 1.54) is 23.0 Å². The van der Waals surface area contributed by atoms with Crippen LogP contribution in [0.5, 0.6) is 0 Å². The second-order valence-electron chi connectivity index (χ2n) is 7.85. The average Bonchev–Trinajstić information content (AvgIpc) is 3.28. The number of para-hydroxylation sites is 1. The maximum atomic E-state index is 12.9. The molecule has 0 saturated heterocycles. The van der Waals surface area contributed by atoms with Crippen LogP contribution >= 0.6 is 0 Å². The molecule has 9 heteroatoms. The maximum absolute atomic E-state index is 12.9. The Balaban J connectivity index is 1.25. The summed E-state index contributed by atoms with van der Waals surface area (Å²) in [6, 6.07) is 20.1.